The molecule has 0 saturated carbocycles. The fraction of sp³-hybridized carbons (Fsp3) is 0.583. The van der Waals surface area contributed by atoms with Gasteiger partial charge in [-0.25, -0.2) is 4.98 Å². The van der Waals surface area contributed by atoms with E-state index < -0.39 is 0 Å². The van der Waals surface area contributed by atoms with Crippen LogP contribution in [0.4, 0.5) is 0 Å². The first kappa shape index (κ1) is 13.5. The van der Waals surface area contributed by atoms with Crippen LogP contribution in [0.5, 0.6) is 0 Å². The molecular formula is C12H20N4OS. The number of aromatic nitrogens is 2. The molecule has 0 amide bonds. The molecule has 0 radical (unpaired) electrons. The van der Waals surface area contributed by atoms with Crippen molar-refractivity contribution in [3.63, 3.8) is 0 Å². The summed E-state index contributed by atoms with van der Waals surface area (Å²) in [6.07, 6.45) is 6.87. The molecule has 0 aromatic carbocycles. The Kier molecular flexibility index (Phi) is 5.12. The first-order valence-electron chi connectivity index (χ1n) is 6.28. The van der Waals surface area contributed by atoms with Gasteiger partial charge in [0, 0.05) is 43.5 Å². The van der Waals surface area contributed by atoms with Crippen molar-refractivity contribution in [3.8, 4) is 0 Å². The predicted octanol–water partition coefficient (Wildman–Crippen LogP) is 1.59. The van der Waals surface area contributed by atoms with Crippen LogP contribution in [0.25, 0.3) is 4.96 Å². The van der Waals surface area contributed by atoms with Gasteiger partial charge in [0.15, 0.2) is 4.96 Å². The third kappa shape index (κ3) is 3.52. The Bertz CT molecular complexity index is 439. The van der Waals surface area contributed by atoms with Gasteiger partial charge in [-0.3, -0.25) is 15.7 Å². The molecule has 0 aliphatic rings. The molecule has 0 saturated heterocycles. The highest BCUT2D eigenvalue weighted by Crippen LogP contribution is 2.13. The Morgan fingerprint density at radius 2 is 2.44 bits per heavy atom. The van der Waals surface area contributed by atoms with Crippen LogP contribution in [-0.4, -0.2) is 28.6 Å². The lowest BCUT2D eigenvalue weighted by Crippen LogP contribution is -2.37. The van der Waals surface area contributed by atoms with Gasteiger partial charge in [-0.2, -0.15) is 0 Å². The smallest absolute Gasteiger partial charge is 0.193 e. The molecule has 0 aliphatic heterocycles. The van der Waals surface area contributed by atoms with Gasteiger partial charge in [-0.15, -0.1) is 11.3 Å². The number of hydrogen-bond donors (Lipinski definition) is 2. The van der Waals surface area contributed by atoms with Gasteiger partial charge in [0.05, 0.1) is 5.69 Å². The molecule has 2 rings (SSSR count). The van der Waals surface area contributed by atoms with Gasteiger partial charge in [0.25, 0.3) is 0 Å². The summed E-state index contributed by atoms with van der Waals surface area (Å²) in [6.45, 7) is 3.67. The standard InChI is InChI=1S/C12H20N4OS/c1-2-5-17-6-3-10(15-13)8-11-9-16-4-7-18-12(16)14-11/h4,7,9-10,15H,2-3,5-6,8,13H2,1H3. The summed E-state index contributed by atoms with van der Waals surface area (Å²) in [4.78, 5) is 5.58. The minimum absolute atomic E-state index is 0.214. The molecule has 1 atom stereocenters. The fourth-order valence-electron chi connectivity index (χ4n) is 1.84. The van der Waals surface area contributed by atoms with Crippen LogP contribution in [-0.2, 0) is 11.2 Å². The summed E-state index contributed by atoms with van der Waals surface area (Å²) in [6, 6.07) is 0.214. The molecule has 2 heterocycles. The molecule has 3 N–H and O–H groups in total. The third-order valence-electron chi connectivity index (χ3n) is 2.79. The van der Waals surface area contributed by atoms with Crippen molar-refractivity contribution in [1.29, 1.82) is 0 Å². The van der Waals surface area contributed by atoms with Crippen molar-refractivity contribution in [2.24, 2.45) is 5.84 Å². The maximum Gasteiger partial charge on any atom is 0.193 e. The van der Waals surface area contributed by atoms with E-state index >= 15 is 0 Å². The minimum Gasteiger partial charge on any atom is -0.381 e. The number of nitrogens with zero attached hydrogens (tertiary/aromatic N) is 2. The summed E-state index contributed by atoms with van der Waals surface area (Å²) in [5, 5.41) is 2.03. The Labute approximate surface area is 111 Å². The Morgan fingerprint density at radius 1 is 1.56 bits per heavy atom. The van der Waals surface area contributed by atoms with Gasteiger partial charge in [0.1, 0.15) is 0 Å². The van der Waals surface area contributed by atoms with Crippen LogP contribution < -0.4 is 11.3 Å². The maximum atomic E-state index is 5.57. The molecule has 0 fully saturated rings. The number of ether oxygens (including phenoxy) is 1. The van der Waals surface area contributed by atoms with Crippen LogP contribution in [0, 0.1) is 0 Å². The maximum absolute atomic E-state index is 5.57. The molecule has 0 spiro atoms. The zero-order valence-corrected chi connectivity index (χ0v) is 11.4. The largest absolute Gasteiger partial charge is 0.381 e. The van der Waals surface area contributed by atoms with Gasteiger partial charge in [-0.05, 0) is 12.8 Å². The number of hydrazine groups is 1. The molecule has 0 bridgehead atoms. The highest BCUT2D eigenvalue weighted by molar-refractivity contribution is 7.15. The lowest BCUT2D eigenvalue weighted by Gasteiger charge is -2.14. The molecule has 2 aromatic rings. The number of nitrogens with two attached hydrogens (primary N) is 1. The second kappa shape index (κ2) is 6.84. The van der Waals surface area contributed by atoms with Gasteiger partial charge in [-0.1, -0.05) is 6.92 Å². The average Bonchev–Trinajstić information content (AvgIpc) is 2.93. The second-order valence-electron chi connectivity index (χ2n) is 4.29. The van der Waals surface area contributed by atoms with Crippen molar-refractivity contribution in [2.45, 2.75) is 32.2 Å². The van der Waals surface area contributed by atoms with E-state index in [4.69, 9.17) is 10.6 Å². The minimum atomic E-state index is 0.214. The molecule has 2 aromatic heterocycles. The lowest BCUT2D eigenvalue weighted by atomic mass is 10.1. The van der Waals surface area contributed by atoms with E-state index in [0.717, 1.165) is 43.1 Å². The van der Waals surface area contributed by atoms with Crippen molar-refractivity contribution < 1.29 is 4.74 Å². The highest BCUT2D eigenvalue weighted by atomic mass is 32.1. The van der Waals surface area contributed by atoms with Crippen LogP contribution in [0.1, 0.15) is 25.5 Å². The van der Waals surface area contributed by atoms with E-state index in [1.54, 1.807) is 11.3 Å². The van der Waals surface area contributed by atoms with Crippen LogP contribution in [0.2, 0.25) is 0 Å². The normalized spacial score (nSPS) is 13.2. The second-order valence-corrected chi connectivity index (χ2v) is 5.17. The van der Waals surface area contributed by atoms with E-state index in [-0.39, 0.29) is 6.04 Å². The van der Waals surface area contributed by atoms with Crippen LogP contribution in [0.3, 0.4) is 0 Å². The Morgan fingerprint density at radius 3 is 3.17 bits per heavy atom. The summed E-state index contributed by atoms with van der Waals surface area (Å²) in [5.41, 5.74) is 3.91. The predicted molar refractivity (Wildman–Crippen MR) is 73.6 cm³/mol. The topological polar surface area (TPSA) is 64.6 Å². The van der Waals surface area contributed by atoms with Crippen molar-refractivity contribution in [1.82, 2.24) is 14.8 Å². The first-order chi connectivity index (χ1) is 8.83. The summed E-state index contributed by atoms with van der Waals surface area (Å²) in [5.74, 6) is 5.57. The van der Waals surface area contributed by atoms with Crippen molar-refractivity contribution in [2.75, 3.05) is 13.2 Å². The molecule has 5 nitrogen and oxygen atoms in total. The fourth-order valence-corrected chi connectivity index (χ4v) is 2.56. The molecule has 6 heteroatoms. The Balaban J connectivity index is 1.83. The molecule has 100 valence electrons. The summed E-state index contributed by atoms with van der Waals surface area (Å²) >= 11 is 1.64. The van der Waals surface area contributed by atoms with Crippen molar-refractivity contribution >= 4 is 16.3 Å². The SMILES string of the molecule is CCCOCCC(Cc1cn2ccsc2n1)NN. The summed E-state index contributed by atoms with van der Waals surface area (Å²) < 4.78 is 7.52. The Hall–Kier alpha value is -0.950. The number of fused-ring (bicyclic) bond motifs is 1. The number of hydrogen-bond acceptors (Lipinski definition) is 5. The van der Waals surface area contributed by atoms with Gasteiger partial charge in [0.2, 0.25) is 0 Å². The number of imidazole rings is 1. The van der Waals surface area contributed by atoms with Gasteiger partial charge < -0.3 is 4.74 Å². The quantitative estimate of drug-likeness (QED) is 0.433. The van der Waals surface area contributed by atoms with E-state index in [1.165, 1.54) is 0 Å². The average molecular weight is 268 g/mol. The first-order valence-corrected chi connectivity index (χ1v) is 7.16. The van der Waals surface area contributed by atoms with E-state index in [0.29, 0.717) is 0 Å². The van der Waals surface area contributed by atoms with E-state index in [9.17, 15) is 0 Å². The monoisotopic (exact) mass is 268 g/mol. The number of rotatable bonds is 8. The number of thiazole rings is 1. The van der Waals surface area contributed by atoms with Gasteiger partial charge >= 0.3 is 0 Å². The van der Waals surface area contributed by atoms with E-state index in [2.05, 4.69) is 23.5 Å². The van der Waals surface area contributed by atoms with Crippen LogP contribution >= 0.6 is 11.3 Å². The molecule has 1 unspecified atom stereocenters. The summed E-state index contributed by atoms with van der Waals surface area (Å²) in [7, 11) is 0. The van der Waals surface area contributed by atoms with Crippen LogP contribution in [0.15, 0.2) is 17.8 Å². The number of nitrogens with one attached hydrogen (secondary N) is 1. The van der Waals surface area contributed by atoms with Crippen molar-refractivity contribution in [3.05, 3.63) is 23.5 Å². The highest BCUT2D eigenvalue weighted by Gasteiger charge is 2.11. The molecule has 0 aliphatic carbocycles. The van der Waals surface area contributed by atoms with E-state index in [1.807, 2.05) is 16.0 Å². The molecular weight excluding hydrogens is 248 g/mol. The lowest BCUT2D eigenvalue weighted by molar-refractivity contribution is 0.124. The zero-order chi connectivity index (χ0) is 12.8. The zero-order valence-electron chi connectivity index (χ0n) is 10.6. The molecule has 18 heavy (non-hydrogen) atoms. The third-order valence-corrected chi connectivity index (χ3v) is 3.56.